The first kappa shape index (κ1) is 56.9. The molecule has 0 bridgehead atoms. The van der Waals surface area contributed by atoms with Crippen molar-refractivity contribution in [3.63, 3.8) is 0 Å². The summed E-state index contributed by atoms with van der Waals surface area (Å²) in [5.41, 5.74) is 4.66. The highest BCUT2D eigenvalue weighted by Gasteiger charge is 2.23. The molecular formula is C49H92N6O6. The summed E-state index contributed by atoms with van der Waals surface area (Å²) >= 11 is 0. The van der Waals surface area contributed by atoms with Gasteiger partial charge in [-0.3, -0.25) is 9.97 Å². The zero-order valence-electron chi connectivity index (χ0n) is 40.8. The zero-order chi connectivity index (χ0) is 46.2. The molecule has 0 amide bonds. The number of rotatable bonds is 6. The largest absolute Gasteiger partial charge is 0.393 e. The fourth-order valence-electron chi connectivity index (χ4n) is 8.09. The minimum Gasteiger partial charge on any atom is -0.393 e. The summed E-state index contributed by atoms with van der Waals surface area (Å²) in [6.07, 6.45) is 9.94. The van der Waals surface area contributed by atoms with Crippen LogP contribution in [-0.2, 0) is 0 Å². The number of piperidine rings is 4. The van der Waals surface area contributed by atoms with Gasteiger partial charge in [-0.05, 0) is 223 Å². The summed E-state index contributed by atoms with van der Waals surface area (Å²) in [5, 5.41) is 55.4. The summed E-state index contributed by atoms with van der Waals surface area (Å²) < 4.78 is 0. The molecule has 2 aromatic heterocycles. The van der Waals surface area contributed by atoms with Crippen LogP contribution in [0.2, 0.25) is 0 Å². The Morgan fingerprint density at radius 2 is 0.869 bits per heavy atom. The molecule has 8 unspecified atom stereocenters. The highest BCUT2D eigenvalue weighted by atomic mass is 16.3. The van der Waals surface area contributed by atoms with E-state index in [4.69, 9.17) is 5.11 Å². The van der Waals surface area contributed by atoms with Crippen LogP contribution in [0.15, 0.2) is 30.5 Å². The van der Waals surface area contributed by atoms with E-state index in [1.54, 1.807) is 20.0 Å². The Balaban J connectivity index is 0.000000366. The van der Waals surface area contributed by atoms with Gasteiger partial charge in [-0.2, -0.15) is 0 Å². The number of hydrogen-bond donors (Lipinski definition) is 6. The second-order valence-corrected chi connectivity index (χ2v) is 18.8. The van der Waals surface area contributed by atoms with E-state index in [1.165, 1.54) is 38.8 Å². The molecule has 0 saturated carbocycles. The van der Waals surface area contributed by atoms with Crippen molar-refractivity contribution in [2.45, 2.75) is 150 Å². The summed E-state index contributed by atoms with van der Waals surface area (Å²) in [4.78, 5) is 17.5. The third-order valence-corrected chi connectivity index (χ3v) is 12.7. The van der Waals surface area contributed by atoms with Gasteiger partial charge in [0.25, 0.3) is 0 Å². The fourth-order valence-corrected chi connectivity index (χ4v) is 8.09. The number of hydrogen-bond acceptors (Lipinski definition) is 12. The van der Waals surface area contributed by atoms with Crippen molar-refractivity contribution in [3.8, 4) is 0 Å². The molecule has 4 aliphatic heterocycles. The molecule has 4 aliphatic rings. The van der Waals surface area contributed by atoms with Crippen LogP contribution in [0.4, 0.5) is 0 Å². The van der Waals surface area contributed by atoms with E-state index in [0.29, 0.717) is 23.7 Å². The minimum atomic E-state index is -0.414. The maximum Gasteiger partial charge on any atom is 0.0779 e. The van der Waals surface area contributed by atoms with Crippen LogP contribution in [0.25, 0.3) is 0 Å². The molecule has 4 saturated heterocycles. The van der Waals surface area contributed by atoms with Crippen molar-refractivity contribution in [3.05, 3.63) is 58.7 Å². The lowest BCUT2D eigenvalue weighted by Crippen LogP contribution is -2.36. The van der Waals surface area contributed by atoms with Gasteiger partial charge in [0.05, 0.1) is 36.6 Å². The van der Waals surface area contributed by atoms with E-state index >= 15 is 0 Å². The van der Waals surface area contributed by atoms with Crippen LogP contribution < -0.4 is 0 Å². The van der Waals surface area contributed by atoms with Gasteiger partial charge in [-0.25, -0.2) is 0 Å². The highest BCUT2D eigenvalue weighted by Crippen LogP contribution is 2.21. The van der Waals surface area contributed by atoms with Crippen LogP contribution in [-0.4, -0.2) is 165 Å². The topological polar surface area (TPSA) is 160 Å². The first-order valence-corrected chi connectivity index (χ1v) is 23.3. The van der Waals surface area contributed by atoms with Gasteiger partial charge in [0.1, 0.15) is 0 Å². The average molecular weight is 861 g/mol. The van der Waals surface area contributed by atoms with E-state index in [0.717, 1.165) is 93.2 Å². The van der Waals surface area contributed by atoms with Gasteiger partial charge < -0.3 is 50.2 Å². The standard InChI is InChI=1S/C9H13NO.2C8H17NO.C8H11NO.2C8H17NO/c1-6-4-5-9(8(3)11)7(2)10-6;2*1-7(10)8-3-5-9(2)6-4-8;1-6-3-4-8(5-9-6)7(2)10;2*1-7(10)8-4-3-5-9(2)6-8/h4-5,8,11H,1-3H3;2*7-8,10H,3-6H2,1-2H3;3-5,7,10H,1-2H3;2*7-8,10H,3-6H2,1-2H3. The van der Waals surface area contributed by atoms with Crippen molar-refractivity contribution in [1.82, 2.24) is 29.6 Å². The number of aryl methyl sites for hydroxylation is 3. The Bertz CT molecular complexity index is 1330. The van der Waals surface area contributed by atoms with Crippen LogP contribution in [0.1, 0.15) is 133 Å². The Hall–Kier alpha value is -2.10. The predicted molar refractivity (Wildman–Crippen MR) is 252 cm³/mol. The van der Waals surface area contributed by atoms with E-state index in [1.807, 2.05) is 72.7 Å². The second-order valence-electron chi connectivity index (χ2n) is 18.8. The number of pyridine rings is 2. The summed E-state index contributed by atoms with van der Waals surface area (Å²) in [6, 6.07) is 7.60. The lowest BCUT2D eigenvalue weighted by molar-refractivity contribution is 0.0726. The SMILES string of the molecule is CC(O)C1CCCN(C)C1.CC(O)C1CCCN(C)C1.CC(O)C1CCN(C)CC1.CC(O)C1CCN(C)CC1.Cc1ccc(C(C)O)c(C)n1.Cc1ccc(C(C)O)cn1. The highest BCUT2D eigenvalue weighted by molar-refractivity contribution is 5.23. The van der Waals surface area contributed by atoms with Crippen molar-refractivity contribution in [2.24, 2.45) is 23.7 Å². The van der Waals surface area contributed by atoms with Crippen molar-refractivity contribution < 1.29 is 30.6 Å². The predicted octanol–water partition coefficient (Wildman–Crippen LogP) is 6.03. The van der Waals surface area contributed by atoms with Crippen molar-refractivity contribution in [2.75, 3.05) is 80.5 Å². The molecule has 6 rings (SSSR count). The quantitative estimate of drug-likeness (QED) is 0.201. The Morgan fingerprint density at radius 3 is 1.15 bits per heavy atom. The number of aromatic nitrogens is 2. The number of likely N-dealkylation sites (tertiary alicyclic amines) is 4. The fraction of sp³-hybridized carbons (Fsp3) is 0.796. The molecule has 0 spiro atoms. The number of aliphatic hydroxyl groups excluding tert-OH is 6. The third-order valence-electron chi connectivity index (χ3n) is 12.7. The molecule has 354 valence electrons. The monoisotopic (exact) mass is 861 g/mol. The lowest BCUT2D eigenvalue weighted by Gasteiger charge is -2.31. The maximum atomic E-state index is 9.27. The summed E-state index contributed by atoms with van der Waals surface area (Å²) in [6.45, 7) is 26.0. The smallest absolute Gasteiger partial charge is 0.0779 e. The normalized spacial score (nSPS) is 23.8. The van der Waals surface area contributed by atoms with Gasteiger partial charge in [0.15, 0.2) is 0 Å². The molecule has 0 radical (unpaired) electrons. The molecule has 6 heterocycles. The molecule has 0 aliphatic carbocycles. The Kier molecular flexibility index (Phi) is 28.8. The first-order chi connectivity index (χ1) is 28.6. The summed E-state index contributed by atoms with van der Waals surface area (Å²) in [7, 11) is 8.51. The second kappa shape index (κ2) is 30.9. The van der Waals surface area contributed by atoms with Gasteiger partial charge >= 0.3 is 0 Å². The lowest BCUT2D eigenvalue weighted by atomic mass is 9.93. The zero-order valence-corrected chi connectivity index (χ0v) is 40.8. The van der Waals surface area contributed by atoms with Gasteiger partial charge in [-0.15, -0.1) is 0 Å². The molecule has 4 fully saturated rings. The van der Waals surface area contributed by atoms with Gasteiger partial charge in [0, 0.05) is 41.9 Å². The molecule has 2 aromatic rings. The Labute approximate surface area is 372 Å². The van der Waals surface area contributed by atoms with Crippen LogP contribution in [0, 0.1) is 44.4 Å². The van der Waals surface area contributed by atoms with E-state index in [2.05, 4.69) is 57.8 Å². The molecule has 61 heavy (non-hydrogen) atoms. The number of aliphatic hydroxyl groups is 6. The maximum absolute atomic E-state index is 9.27. The molecule has 12 nitrogen and oxygen atoms in total. The van der Waals surface area contributed by atoms with Gasteiger partial charge in [-0.1, -0.05) is 12.1 Å². The summed E-state index contributed by atoms with van der Waals surface area (Å²) in [5.74, 6) is 2.13. The van der Waals surface area contributed by atoms with Crippen molar-refractivity contribution >= 4 is 0 Å². The third kappa shape index (κ3) is 25.1. The number of nitrogens with zero attached hydrogens (tertiary/aromatic N) is 6. The van der Waals surface area contributed by atoms with Crippen LogP contribution in [0.5, 0.6) is 0 Å². The molecule has 12 heteroatoms. The molecule has 0 aromatic carbocycles. The van der Waals surface area contributed by atoms with Crippen molar-refractivity contribution in [1.29, 1.82) is 0 Å². The van der Waals surface area contributed by atoms with Crippen LogP contribution in [0.3, 0.4) is 0 Å². The van der Waals surface area contributed by atoms with E-state index in [-0.39, 0.29) is 24.4 Å². The average Bonchev–Trinajstić information content (AvgIpc) is 3.19. The van der Waals surface area contributed by atoms with E-state index in [9.17, 15) is 25.5 Å². The Morgan fingerprint density at radius 1 is 0.475 bits per heavy atom. The van der Waals surface area contributed by atoms with Gasteiger partial charge in [0.2, 0.25) is 0 Å². The van der Waals surface area contributed by atoms with E-state index < -0.39 is 12.2 Å². The van der Waals surface area contributed by atoms with Crippen LogP contribution >= 0.6 is 0 Å². The molecule has 6 N–H and O–H groups in total. The molecule has 8 atom stereocenters. The molecular weight excluding hydrogens is 769 g/mol. The minimum absolute atomic E-state index is 0.103. The first-order valence-electron chi connectivity index (χ1n) is 23.3.